The molecule has 0 amide bonds. The van der Waals surface area contributed by atoms with Crippen molar-refractivity contribution in [3.63, 3.8) is 0 Å². The summed E-state index contributed by atoms with van der Waals surface area (Å²) in [6.07, 6.45) is 0. The number of hydrogen-bond acceptors (Lipinski definition) is 2. The van der Waals surface area contributed by atoms with Crippen LogP contribution in [0.15, 0.2) is 53.0 Å². The van der Waals surface area contributed by atoms with Gasteiger partial charge in [-0.1, -0.05) is 40.2 Å². The van der Waals surface area contributed by atoms with E-state index in [9.17, 15) is 4.39 Å². The van der Waals surface area contributed by atoms with Crippen LogP contribution in [0.2, 0.25) is 0 Å². The minimum Gasteiger partial charge on any atom is -0.492 e. The van der Waals surface area contributed by atoms with Gasteiger partial charge in [0.05, 0.1) is 0 Å². The first-order valence-electron chi connectivity index (χ1n) is 6.45. The van der Waals surface area contributed by atoms with Gasteiger partial charge >= 0.3 is 0 Å². The van der Waals surface area contributed by atoms with Gasteiger partial charge in [-0.2, -0.15) is 0 Å². The van der Waals surface area contributed by atoms with Crippen LogP contribution < -0.4 is 4.74 Å². The van der Waals surface area contributed by atoms with Crippen molar-refractivity contribution in [3.05, 3.63) is 64.4 Å². The second kappa shape index (κ2) is 7.41. The van der Waals surface area contributed by atoms with Gasteiger partial charge in [-0.3, -0.25) is 4.90 Å². The van der Waals surface area contributed by atoms with Crippen molar-refractivity contribution in [2.75, 3.05) is 20.2 Å². The van der Waals surface area contributed by atoms with Crippen LogP contribution in [0, 0.1) is 5.82 Å². The molecule has 0 aliphatic carbocycles. The Hall–Kier alpha value is -1.39. The lowest BCUT2D eigenvalue weighted by Gasteiger charge is -2.17. The molecule has 4 heteroatoms. The molecule has 0 unspecified atom stereocenters. The van der Waals surface area contributed by atoms with E-state index in [-0.39, 0.29) is 5.82 Å². The molecule has 0 radical (unpaired) electrons. The predicted molar refractivity (Wildman–Crippen MR) is 82.4 cm³/mol. The summed E-state index contributed by atoms with van der Waals surface area (Å²) in [6, 6.07) is 14.6. The number of benzene rings is 2. The molecule has 0 N–H and O–H groups in total. The van der Waals surface area contributed by atoms with E-state index in [0.717, 1.165) is 16.8 Å². The lowest BCUT2D eigenvalue weighted by Crippen LogP contribution is -2.24. The monoisotopic (exact) mass is 337 g/mol. The highest BCUT2D eigenvalue weighted by Gasteiger charge is 2.05. The Kier molecular flexibility index (Phi) is 5.56. The topological polar surface area (TPSA) is 12.5 Å². The highest BCUT2D eigenvalue weighted by molar-refractivity contribution is 9.10. The third kappa shape index (κ3) is 4.62. The molecule has 106 valence electrons. The summed E-state index contributed by atoms with van der Waals surface area (Å²) in [4.78, 5) is 2.04. The normalized spacial score (nSPS) is 10.8. The molecule has 0 aliphatic rings. The number of hydrogen-bond donors (Lipinski definition) is 0. The Morgan fingerprint density at radius 2 is 1.95 bits per heavy atom. The number of rotatable bonds is 6. The van der Waals surface area contributed by atoms with E-state index in [1.54, 1.807) is 12.1 Å². The van der Waals surface area contributed by atoms with Crippen LogP contribution >= 0.6 is 15.9 Å². The smallest absolute Gasteiger partial charge is 0.127 e. The maximum Gasteiger partial charge on any atom is 0.127 e. The van der Waals surface area contributed by atoms with Gasteiger partial charge in [-0.05, 0) is 31.3 Å². The average Bonchev–Trinajstić information content (AvgIpc) is 2.41. The number of halogens is 2. The molecule has 0 atom stereocenters. The summed E-state index contributed by atoms with van der Waals surface area (Å²) in [7, 11) is 1.96. The minimum atomic E-state index is -0.160. The van der Waals surface area contributed by atoms with E-state index >= 15 is 0 Å². The maximum atomic E-state index is 13.5. The van der Waals surface area contributed by atoms with Crippen molar-refractivity contribution < 1.29 is 9.13 Å². The molecule has 0 spiro atoms. The lowest BCUT2D eigenvalue weighted by atomic mass is 10.2. The summed E-state index contributed by atoms with van der Waals surface area (Å²) < 4.78 is 20.2. The first-order valence-corrected chi connectivity index (χ1v) is 7.25. The van der Waals surface area contributed by atoms with Gasteiger partial charge in [0.25, 0.3) is 0 Å². The molecule has 2 aromatic carbocycles. The van der Waals surface area contributed by atoms with Gasteiger partial charge < -0.3 is 4.74 Å². The van der Waals surface area contributed by atoms with E-state index in [0.29, 0.717) is 18.7 Å². The molecule has 0 saturated carbocycles. The summed E-state index contributed by atoms with van der Waals surface area (Å²) in [5.41, 5.74) is 0.706. The van der Waals surface area contributed by atoms with Crippen LogP contribution in [0.4, 0.5) is 4.39 Å². The molecule has 20 heavy (non-hydrogen) atoms. The molecular weight excluding hydrogens is 321 g/mol. The molecule has 0 bridgehead atoms. The Morgan fingerprint density at radius 3 is 2.70 bits per heavy atom. The average molecular weight is 338 g/mol. The molecular formula is C16H17BrFNO. The molecule has 0 saturated heterocycles. The van der Waals surface area contributed by atoms with Gasteiger partial charge in [0.15, 0.2) is 0 Å². The molecule has 2 rings (SSSR count). The van der Waals surface area contributed by atoms with Gasteiger partial charge in [-0.25, -0.2) is 4.39 Å². The Balaban J connectivity index is 1.78. The van der Waals surface area contributed by atoms with Crippen LogP contribution in [0.1, 0.15) is 5.56 Å². The largest absolute Gasteiger partial charge is 0.492 e. The molecule has 2 aromatic rings. The SMILES string of the molecule is CN(CCOc1cccc(Br)c1)Cc1ccccc1F. The van der Waals surface area contributed by atoms with E-state index in [4.69, 9.17) is 4.74 Å². The standard InChI is InChI=1S/C16H17BrFNO/c1-19(12-13-5-2-3-8-16(13)18)9-10-20-15-7-4-6-14(17)11-15/h2-8,11H,9-10,12H2,1H3. The number of ether oxygens (including phenoxy) is 1. The van der Waals surface area contributed by atoms with Crippen LogP contribution in [0.5, 0.6) is 5.75 Å². The second-order valence-corrected chi connectivity index (χ2v) is 5.55. The summed E-state index contributed by atoms with van der Waals surface area (Å²) >= 11 is 3.40. The van der Waals surface area contributed by atoms with Crippen LogP contribution in [0.3, 0.4) is 0 Å². The van der Waals surface area contributed by atoms with E-state index in [2.05, 4.69) is 15.9 Å². The minimum absolute atomic E-state index is 0.160. The highest BCUT2D eigenvalue weighted by atomic mass is 79.9. The zero-order valence-corrected chi connectivity index (χ0v) is 12.9. The molecule has 2 nitrogen and oxygen atoms in total. The van der Waals surface area contributed by atoms with E-state index in [1.807, 2.05) is 42.3 Å². The van der Waals surface area contributed by atoms with Crippen molar-refractivity contribution in [1.82, 2.24) is 4.90 Å². The van der Waals surface area contributed by atoms with Crippen molar-refractivity contribution in [2.45, 2.75) is 6.54 Å². The van der Waals surface area contributed by atoms with Crippen LogP contribution in [-0.2, 0) is 6.54 Å². The number of likely N-dealkylation sites (N-methyl/N-ethyl adjacent to an activating group) is 1. The molecule has 0 fully saturated rings. The maximum absolute atomic E-state index is 13.5. The van der Waals surface area contributed by atoms with Gasteiger partial charge in [0.1, 0.15) is 18.2 Å². The second-order valence-electron chi connectivity index (χ2n) is 4.64. The summed E-state index contributed by atoms with van der Waals surface area (Å²) in [6.45, 7) is 1.89. The molecule has 0 aliphatic heterocycles. The Bertz CT molecular complexity index is 562. The Morgan fingerprint density at radius 1 is 1.15 bits per heavy atom. The fourth-order valence-corrected chi connectivity index (χ4v) is 2.25. The first kappa shape index (κ1) is 15.0. The van der Waals surface area contributed by atoms with Crippen molar-refractivity contribution in [3.8, 4) is 5.75 Å². The van der Waals surface area contributed by atoms with Crippen LogP contribution in [-0.4, -0.2) is 25.1 Å². The van der Waals surface area contributed by atoms with Gasteiger partial charge in [0.2, 0.25) is 0 Å². The van der Waals surface area contributed by atoms with Crippen LogP contribution in [0.25, 0.3) is 0 Å². The summed E-state index contributed by atoms with van der Waals surface area (Å²) in [5.74, 6) is 0.672. The van der Waals surface area contributed by atoms with Gasteiger partial charge in [-0.15, -0.1) is 0 Å². The van der Waals surface area contributed by atoms with E-state index in [1.165, 1.54) is 6.07 Å². The van der Waals surface area contributed by atoms with Crippen molar-refractivity contribution in [1.29, 1.82) is 0 Å². The predicted octanol–water partition coefficient (Wildman–Crippen LogP) is 4.10. The summed E-state index contributed by atoms with van der Waals surface area (Å²) in [5, 5.41) is 0. The fraction of sp³-hybridized carbons (Fsp3) is 0.250. The first-order chi connectivity index (χ1) is 9.65. The zero-order valence-electron chi connectivity index (χ0n) is 11.4. The van der Waals surface area contributed by atoms with E-state index < -0.39 is 0 Å². The zero-order chi connectivity index (χ0) is 14.4. The quantitative estimate of drug-likeness (QED) is 0.786. The van der Waals surface area contributed by atoms with Crippen molar-refractivity contribution in [2.24, 2.45) is 0 Å². The fourth-order valence-electron chi connectivity index (χ4n) is 1.87. The third-order valence-electron chi connectivity index (χ3n) is 2.94. The third-order valence-corrected chi connectivity index (χ3v) is 3.43. The van der Waals surface area contributed by atoms with Gasteiger partial charge in [0, 0.05) is 23.1 Å². The number of nitrogens with zero attached hydrogens (tertiary/aromatic N) is 1. The Labute approximate surface area is 127 Å². The highest BCUT2D eigenvalue weighted by Crippen LogP contribution is 2.17. The lowest BCUT2D eigenvalue weighted by molar-refractivity contribution is 0.231. The molecule has 0 heterocycles. The van der Waals surface area contributed by atoms with Crippen molar-refractivity contribution >= 4 is 15.9 Å². The molecule has 0 aromatic heterocycles.